The van der Waals surface area contributed by atoms with Gasteiger partial charge < -0.3 is 14.7 Å². The molecule has 2 aromatic rings. The SMILES string of the molecule is CN(C)c1ccc([C@H]2C[C@@]3(C)[C@@H](CC[C@@]3(O)C#Cc3ccc(C#N)cc3)[C@@H]3OCC4=CC(=O)CCC4=C32)cc1.S.S.S. The van der Waals surface area contributed by atoms with Crippen LogP contribution < -0.4 is 4.90 Å². The highest BCUT2D eigenvalue weighted by atomic mass is 32.1. The summed E-state index contributed by atoms with van der Waals surface area (Å²) in [7, 11) is 4.08. The molecular formula is C34H40N2O3S3. The highest BCUT2D eigenvalue weighted by Crippen LogP contribution is 2.64. The summed E-state index contributed by atoms with van der Waals surface area (Å²) in [6.07, 6.45) is 5.18. The molecule has 8 heteroatoms. The molecular weight excluding hydrogens is 581 g/mol. The Hall–Kier alpha value is -2.59. The number of benzene rings is 2. The van der Waals surface area contributed by atoms with Crippen LogP contribution in [0.15, 0.2) is 71.3 Å². The number of anilines is 1. The lowest BCUT2D eigenvalue weighted by atomic mass is 9.55. The summed E-state index contributed by atoms with van der Waals surface area (Å²) >= 11 is 0. The number of allylic oxidation sites excluding steroid dienone is 1. The smallest absolute Gasteiger partial charge is 0.156 e. The number of carbonyl (C=O) groups excluding carboxylic acids is 1. The molecule has 4 aliphatic rings. The van der Waals surface area contributed by atoms with Crippen LogP contribution in [0.1, 0.15) is 61.6 Å². The highest BCUT2D eigenvalue weighted by molar-refractivity contribution is 7.59. The average Bonchev–Trinajstić information content (AvgIpc) is 3.21. The molecule has 5 atom stereocenters. The van der Waals surface area contributed by atoms with Crippen LogP contribution >= 0.6 is 40.5 Å². The Morgan fingerprint density at radius 1 is 1.00 bits per heavy atom. The molecule has 0 aromatic heterocycles. The lowest BCUT2D eigenvalue weighted by Gasteiger charge is -2.53. The van der Waals surface area contributed by atoms with Gasteiger partial charge in [0.15, 0.2) is 5.78 Å². The molecule has 0 radical (unpaired) electrons. The van der Waals surface area contributed by atoms with Crippen molar-refractivity contribution in [2.24, 2.45) is 11.3 Å². The molecule has 1 N–H and O–H groups in total. The molecule has 2 saturated carbocycles. The van der Waals surface area contributed by atoms with Gasteiger partial charge in [-0.1, -0.05) is 30.9 Å². The van der Waals surface area contributed by atoms with Gasteiger partial charge in [0.25, 0.3) is 0 Å². The fraction of sp³-hybridized carbons (Fsp3) is 0.412. The summed E-state index contributed by atoms with van der Waals surface area (Å²) in [6, 6.07) is 18.1. The predicted molar refractivity (Wildman–Crippen MR) is 182 cm³/mol. The number of aliphatic hydroxyl groups is 1. The van der Waals surface area contributed by atoms with E-state index in [-0.39, 0.29) is 64.2 Å². The predicted octanol–water partition coefficient (Wildman–Crippen LogP) is 5.63. The number of fused-ring (bicyclic) bond motifs is 4. The number of rotatable bonds is 2. The molecule has 1 aliphatic heterocycles. The first-order chi connectivity index (χ1) is 18.7. The maximum Gasteiger partial charge on any atom is 0.156 e. The third-order valence-electron chi connectivity index (χ3n) is 9.61. The molecule has 0 unspecified atom stereocenters. The Bertz CT molecular complexity index is 1500. The zero-order valence-corrected chi connectivity index (χ0v) is 27.3. The standard InChI is InChI=1S/C34H34N2O3.3H2S/c1-33-19-29(24-8-10-26(11-9-24)36(2)3)31-28-13-12-27(37)18-25(28)21-39-32(31)30(33)15-17-34(33,38)16-14-22-4-6-23(20-35)7-5-22;;;/h4-11,18,29-30,32,38H,12-13,15,17,19,21H2,1-3H3;3*1H2/t29-,30+,32+,33+,34+;;;/m1.../s1. The molecule has 42 heavy (non-hydrogen) atoms. The maximum atomic E-state index is 12.3. The molecule has 0 spiro atoms. The number of hydrogen-bond acceptors (Lipinski definition) is 5. The largest absolute Gasteiger partial charge is 0.378 e. The number of nitriles is 1. The summed E-state index contributed by atoms with van der Waals surface area (Å²) in [5, 5.41) is 21.3. The molecule has 5 nitrogen and oxygen atoms in total. The summed E-state index contributed by atoms with van der Waals surface area (Å²) in [4.78, 5) is 14.3. The topological polar surface area (TPSA) is 73.6 Å². The van der Waals surface area contributed by atoms with Crippen LogP contribution in [-0.4, -0.2) is 43.3 Å². The van der Waals surface area contributed by atoms with Crippen molar-refractivity contribution in [3.8, 4) is 17.9 Å². The first-order valence-corrected chi connectivity index (χ1v) is 13.8. The van der Waals surface area contributed by atoms with Crippen molar-refractivity contribution >= 4 is 52.0 Å². The summed E-state index contributed by atoms with van der Waals surface area (Å²) in [5.74, 6) is 6.90. The summed E-state index contributed by atoms with van der Waals surface area (Å²) in [6.45, 7) is 2.64. The van der Waals surface area contributed by atoms with Crippen LogP contribution in [0.5, 0.6) is 0 Å². The minimum atomic E-state index is -1.16. The second kappa shape index (κ2) is 13.0. The van der Waals surface area contributed by atoms with E-state index >= 15 is 0 Å². The molecule has 6 rings (SSSR count). The van der Waals surface area contributed by atoms with Crippen molar-refractivity contribution in [1.29, 1.82) is 5.26 Å². The molecule has 222 valence electrons. The lowest BCUT2D eigenvalue weighted by Crippen LogP contribution is -2.53. The minimum absolute atomic E-state index is 0. The third-order valence-corrected chi connectivity index (χ3v) is 9.61. The van der Waals surface area contributed by atoms with E-state index in [1.807, 2.05) is 26.2 Å². The first kappa shape index (κ1) is 33.9. The Morgan fingerprint density at radius 2 is 1.67 bits per heavy atom. The van der Waals surface area contributed by atoms with E-state index in [1.54, 1.807) is 18.2 Å². The normalized spacial score (nSPS) is 29.0. The van der Waals surface area contributed by atoms with E-state index in [1.165, 1.54) is 16.7 Å². The average molecular weight is 621 g/mol. The van der Waals surface area contributed by atoms with Crippen molar-refractivity contribution < 1.29 is 14.6 Å². The van der Waals surface area contributed by atoms with Crippen molar-refractivity contribution in [1.82, 2.24) is 0 Å². The van der Waals surface area contributed by atoms with Crippen LogP contribution in [0.4, 0.5) is 5.69 Å². The van der Waals surface area contributed by atoms with Crippen molar-refractivity contribution in [3.63, 3.8) is 0 Å². The zero-order chi connectivity index (χ0) is 27.4. The van der Waals surface area contributed by atoms with Gasteiger partial charge >= 0.3 is 0 Å². The number of ketones is 1. The maximum absolute atomic E-state index is 12.3. The number of carbonyl (C=O) groups is 1. The fourth-order valence-corrected chi connectivity index (χ4v) is 7.33. The Morgan fingerprint density at radius 3 is 2.31 bits per heavy atom. The Kier molecular flexibility index (Phi) is 10.5. The Balaban J connectivity index is 0.00000161. The van der Waals surface area contributed by atoms with Crippen LogP contribution in [0.2, 0.25) is 0 Å². The third kappa shape index (κ3) is 5.68. The van der Waals surface area contributed by atoms with Gasteiger partial charge in [-0.2, -0.15) is 45.7 Å². The first-order valence-electron chi connectivity index (χ1n) is 13.8. The van der Waals surface area contributed by atoms with Crippen molar-refractivity contribution in [2.45, 2.75) is 56.7 Å². The quantitative estimate of drug-likeness (QED) is 0.441. The summed E-state index contributed by atoms with van der Waals surface area (Å²) < 4.78 is 6.60. The molecule has 0 bridgehead atoms. The van der Waals surface area contributed by atoms with Gasteiger partial charge in [-0.3, -0.25) is 4.79 Å². The van der Waals surface area contributed by atoms with Gasteiger partial charge in [0.1, 0.15) is 5.60 Å². The van der Waals surface area contributed by atoms with E-state index in [4.69, 9.17) is 10.00 Å². The zero-order valence-electron chi connectivity index (χ0n) is 24.3. The van der Waals surface area contributed by atoms with Gasteiger partial charge in [0, 0.05) is 43.1 Å². The number of hydrogen-bond donors (Lipinski definition) is 1. The number of nitrogens with zero attached hydrogens (tertiary/aromatic N) is 2. The van der Waals surface area contributed by atoms with E-state index in [0.29, 0.717) is 25.0 Å². The van der Waals surface area contributed by atoms with Crippen LogP contribution in [0.3, 0.4) is 0 Å². The Labute approximate surface area is 270 Å². The monoisotopic (exact) mass is 620 g/mol. The lowest BCUT2D eigenvalue weighted by molar-refractivity contribution is -0.115. The van der Waals surface area contributed by atoms with Crippen LogP contribution in [0, 0.1) is 34.5 Å². The van der Waals surface area contributed by atoms with Crippen molar-refractivity contribution in [3.05, 3.63) is 88.0 Å². The van der Waals surface area contributed by atoms with E-state index in [0.717, 1.165) is 36.1 Å². The van der Waals surface area contributed by atoms with Gasteiger partial charge in [-0.25, -0.2) is 0 Å². The number of ether oxygens (including phenoxy) is 1. The van der Waals surface area contributed by atoms with Crippen LogP contribution in [-0.2, 0) is 9.53 Å². The van der Waals surface area contributed by atoms with E-state index in [9.17, 15) is 9.90 Å². The van der Waals surface area contributed by atoms with E-state index in [2.05, 4.69) is 54.0 Å². The molecule has 3 aliphatic carbocycles. The highest BCUT2D eigenvalue weighted by Gasteiger charge is 2.63. The fourth-order valence-electron chi connectivity index (χ4n) is 7.33. The van der Waals surface area contributed by atoms with Crippen LogP contribution in [0.25, 0.3) is 0 Å². The van der Waals surface area contributed by atoms with Gasteiger partial charge in [0.2, 0.25) is 0 Å². The van der Waals surface area contributed by atoms with E-state index < -0.39 is 11.0 Å². The molecule has 0 amide bonds. The van der Waals surface area contributed by atoms with Crippen molar-refractivity contribution in [2.75, 3.05) is 25.6 Å². The van der Waals surface area contributed by atoms with Gasteiger partial charge in [0.05, 0.1) is 24.3 Å². The molecule has 2 aromatic carbocycles. The second-order valence-electron chi connectivity index (χ2n) is 11.9. The minimum Gasteiger partial charge on any atom is -0.378 e. The molecule has 1 heterocycles. The van der Waals surface area contributed by atoms with Gasteiger partial charge in [-0.05, 0) is 96.4 Å². The molecule has 2 fully saturated rings. The second-order valence-corrected chi connectivity index (χ2v) is 11.9. The van der Waals surface area contributed by atoms with Gasteiger partial charge in [-0.15, -0.1) is 0 Å². The molecule has 0 saturated heterocycles. The summed E-state index contributed by atoms with van der Waals surface area (Å²) in [5.41, 5.74) is 5.74.